The predicted molar refractivity (Wildman–Crippen MR) is 64.4 cm³/mol. The van der Waals surface area contributed by atoms with Gasteiger partial charge < -0.3 is 19.5 Å². The molecular formula is C11H22N4O. The summed E-state index contributed by atoms with van der Waals surface area (Å²) >= 11 is 0. The number of nitrogens with zero attached hydrogens (tertiary/aromatic N) is 3. The molecule has 1 rings (SSSR count). The molecule has 1 aromatic rings. The Hall–Kier alpha value is -0.910. The second-order valence-electron chi connectivity index (χ2n) is 3.90. The number of aromatic nitrogens is 2. The minimum atomic E-state index is 0.782. The average molecular weight is 226 g/mol. The molecule has 0 unspecified atom stereocenters. The van der Waals surface area contributed by atoms with Crippen LogP contribution < -0.4 is 5.32 Å². The Morgan fingerprint density at radius 3 is 3.00 bits per heavy atom. The van der Waals surface area contributed by atoms with Gasteiger partial charge in [-0.25, -0.2) is 4.98 Å². The third-order valence-corrected chi connectivity index (χ3v) is 2.56. The highest BCUT2D eigenvalue weighted by molar-refractivity contribution is 4.97. The first kappa shape index (κ1) is 13.2. The van der Waals surface area contributed by atoms with Crippen molar-refractivity contribution in [2.24, 2.45) is 0 Å². The van der Waals surface area contributed by atoms with E-state index in [0.29, 0.717) is 0 Å². The molecule has 1 N–H and O–H groups in total. The highest BCUT2D eigenvalue weighted by Crippen LogP contribution is 1.99. The Bertz CT molecular complexity index is 287. The van der Waals surface area contributed by atoms with E-state index in [2.05, 4.69) is 26.8 Å². The van der Waals surface area contributed by atoms with Gasteiger partial charge in [-0.2, -0.15) is 0 Å². The fraction of sp³-hybridized carbons (Fsp3) is 0.727. The zero-order valence-corrected chi connectivity index (χ0v) is 10.4. The average Bonchev–Trinajstić information content (AvgIpc) is 2.72. The first-order valence-corrected chi connectivity index (χ1v) is 5.59. The van der Waals surface area contributed by atoms with Gasteiger partial charge in [0.2, 0.25) is 0 Å². The summed E-state index contributed by atoms with van der Waals surface area (Å²) in [5, 5.41) is 3.14. The Morgan fingerprint density at radius 2 is 2.31 bits per heavy atom. The lowest BCUT2D eigenvalue weighted by Gasteiger charge is -2.17. The zero-order chi connectivity index (χ0) is 11.8. The van der Waals surface area contributed by atoms with Gasteiger partial charge in [0.15, 0.2) is 0 Å². The highest BCUT2D eigenvalue weighted by atomic mass is 16.5. The lowest BCUT2D eigenvalue weighted by Crippen LogP contribution is -2.27. The van der Waals surface area contributed by atoms with Crippen LogP contribution in [0.15, 0.2) is 12.5 Å². The first-order chi connectivity index (χ1) is 7.77. The molecule has 0 spiro atoms. The number of hydrogen-bond donors (Lipinski definition) is 1. The number of hydrogen-bond acceptors (Lipinski definition) is 4. The van der Waals surface area contributed by atoms with E-state index >= 15 is 0 Å². The molecule has 0 aliphatic rings. The molecule has 5 heteroatoms. The van der Waals surface area contributed by atoms with E-state index in [1.54, 1.807) is 7.11 Å². The van der Waals surface area contributed by atoms with Crippen molar-refractivity contribution in [1.82, 2.24) is 19.8 Å². The third kappa shape index (κ3) is 4.30. The van der Waals surface area contributed by atoms with Crippen LogP contribution in [0.4, 0.5) is 0 Å². The van der Waals surface area contributed by atoms with Gasteiger partial charge in [-0.3, -0.25) is 0 Å². The molecule has 1 heterocycles. The molecule has 0 saturated carbocycles. The van der Waals surface area contributed by atoms with E-state index in [9.17, 15) is 0 Å². The van der Waals surface area contributed by atoms with Crippen molar-refractivity contribution in [2.75, 3.05) is 40.9 Å². The molecule has 0 bridgehead atoms. The van der Waals surface area contributed by atoms with Crippen LogP contribution in [-0.4, -0.2) is 55.4 Å². The molecule has 0 saturated heterocycles. The molecule has 1 aromatic heterocycles. The van der Waals surface area contributed by atoms with E-state index in [-0.39, 0.29) is 0 Å². The van der Waals surface area contributed by atoms with E-state index in [1.165, 1.54) is 5.69 Å². The van der Waals surface area contributed by atoms with Crippen LogP contribution in [0, 0.1) is 0 Å². The molecule has 0 atom stereocenters. The topological polar surface area (TPSA) is 42.3 Å². The second-order valence-corrected chi connectivity index (χ2v) is 3.90. The Labute approximate surface area is 97.4 Å². The van der Waals surface area contributed by atoms with E-state index < -0.39 is 0 Å². The number of methoxy groups -OCH3 is 1. The summed E-state index contributed by atoms with van der Waals surface area (Å²) in [6, 6.07) is 0. The zero-order valence-electron chi connectivity index (χ0n) is 10.4. The quantitative estimate of drug-likeness (QED) is 0.687. The van der Waals surface area contributed by atoms with E-state index in [4.69, 9.17) is 4.74 Å². The summed E-state index contributed by atoms with van der Waals surface area (Å²) in [5.74, 6) is 0. The molecule has 0 aromatic carbocycles. The summed E-state index contributed by atoms with van der Waals surface area (Å²) in [7, 11) is 5.78. The molecular weight excluding hydrogens is 204 g/mol. The number of ether oxygens (including phenoxy) is 1. The second kappa shape index (κ2) is 7.38. The molecule has 16 heavy (non-hydrogen) atoms. The monoisotopic (exact) mass is 226 g/mol. The molecule has 92 valence electrons. The SMILES string of the molecule is CNCc1cncn1CCN(C)CCOC. The van der Waals surface area contributed by atoms with Crippen LogP contribution in [0.1, 0.15) is 5.69 Å². The third-order valence-electron chi connectivity index (χ3n) is 2.56. The van der Waals surface area contributed by atoms with Crippen molar-refractivity contribution in [2.45, 2.75) is 13.1 Å². The standard InChI is InChI=1S/C11H22N4O/c1-12-8-11-9-13-10-15(11)5-4-14(2)6-7-16-3/h9-10,12H,4-8H2,1-3H3. The van der Waals surface area contributed by atoms with Crippen molar-refractivity contribution in [3.63, 3.8) is 0 Å². The maximum absolute atomic E-state index is 5.04. The molecule has 5 nitrogen and oxygen atoms in total. The van der Waals surface area contributed by atoms with E-state index in [0.717, 1.165) is 32.8 Å². The summed E-state index contributed by atoms with van der Waals surface area (Å²) in [6.07, 6.45) is 3.79. The number of nitrogens with one attached hydrogen (secondary N) is 1. The minimum Gasteiger partial charge on any atom is -0.383 e. The number of rotatable bonds is 8. The molecule has 0 aliphatic heterocycles. The van der Waals surface area contributed by atoms with Crippen molar-refractivity contribution in [1.29, 1.82) is 0 Å². The van der Waals surface area contributed by atoms with Crippen LogP contribution in [0.3, 0.4) is 0 Å². The summed E-state index contributed by atoms with van der Waals surface area (Å²) in [5.41, 5.74) is 1.22. The van der Waals surface area contributed by atoms with Gasteiger partial charge in [-0.1, -0.05) is 0 Å². The van der Waals surface area contributed by atoms with Gasteiger partial charge in [0, 0.05) is 39.5 Å². The summed E-state index contributed by atoms with van der Waals surface area (Å²) < 4.78 is 7.22. The van der Waals surface area contributed by atoms with Crippen molar-refractivity contribution in [3.05, 3.63) is 18.2 Å². The smallest absolute Gasteiger partial charge is 0.0949 e. The van der Waals surface area contributed by atoms with Crippen LogP contribution in [0.25, 0.3) is 0 Å². The lowest BCUT2D eigenvalue weighted by molar-refractivity contribution is 0.159. The van der Waals surface area contributed by atoms with Crippen molar-refractivity contribution < 1.29 is 4.74 Å². The normalized spacial score (nSPS) is 11.2. The molecule has 0 fully saturated rings. The van der Waals surface area contributed by atoms with Gasteiger partial charge in [0.1, 0.15) is 0 Å². The van der Waals surface area contributed by atoms with Gasteiger partial charge in [-0.15, -0.1) is 0 Å². The molecule has 0 amide bonds. The predicted octanol–water partition coefficient (Wildman–Crippen LogP) is 0.181. The maximum Gasteiger partial charge on any atom is 0.0949 e. The summed E-state index contributed by atoms with van der Waals surface area (Å²) in [6.45, 7) is 4.59. The van der Waals surface area contributed by atoms with Gasteiger partial charge in [0.25, 0.3) is 0 Å². The van der Waals surface area contributed by atoms with Crippen molar-refractivity contribution in [3.8, 4) is 0 Å². The van der Waals surface area contributed by atoms with Gasteiger partial charge in [-0.05, 0) is 14.1 Å². The minimum absolute atomic E-state index is 0.782. The Balaban J connectivity index is 2.32. The first-order valence-electron chi connectivity index (χ1n) is 5.59. The fourth-order valence-electron chi connectivity index (χ4n) is 1.52. The van der Waals surface area contributed by atoms with E-state index in [1.807, 2.05) is 19.6 Å². The molecule has 0 radical (unpaired) electrons. The van der Waals surface area contributed by atoms with Crippen LogP contribution in [0.2, 0.25) is 0 Å². The van der Waals surface area contributed by atoms with Gasteiger partial charge in [0.05, 0.1) is 18.6 Å². The van der Waals surface area contributed by atoms with Crippen LogP contribution in [-0.2, 0) is 17.8 Å². The van der Waals surface area contributed by atoms with Gasteiger partial charge >= 0.3 is 0 Å². The highest BCUT2D eigenvalue weighted by Gasteiger charge is 2.02. The maximum atomic E-state index is 5.04. The van der Waals surface area contributed by atoms with Crippen LogP contribution in [0.5, 0.6) is 0 Å². The largest absolute Gasteiger partial charge is 0.383 e. The lowest BCUT2D eigenvalue weighted by atomic mass is 10.4. The number of imidazole rings is 1. The molecule has 0 aliphatic carbocycles. The Kier molecular flexibility index (Phi) is 6.07. The summed E-state index contributed by atoms with van der Waals surface area (Å²) in [4.78, 5) is 6.42. The fourth-order valence-corrected chi connectivity index (χ4v) is 1.52. The van der Waals surface area contributed by atoms with Crippen molar-refractivity contribution >= 4 is 0 Å². The Morgan fingerprint density at radius 1 is 1.50 bits per heavy atom. The van der Waals surface area contributed by atoms with Crippen LogP contribution >= 0.6 is 0 Å². The number of likely N-dealkylation sites (N-methyl/N-ethyl adjacent to an activating group) is 1.